The van der Waals surface area contributed by atoms with Gasteiger partial charge in [-0.05, 0) is 23.8 Å². The number of hydrogen-bond donors (Lipinski definition) is 1. The van der Waals surface area contributed by atoms with Crippen LogP contribution in [0.15, 0.2) is 36.8 Å². The van der Waals surface area contributed by atoms with Crippen molar-refractivity contribution in [3.8, 4) is 5.69 Å². The first-order valence-electron chi connectivity index (χ1n) is 9.35. The molecule has 3 heterocycles. The van der Waals surface area contributed by atoms with E-state index in [9.17, 15) is 23.1 Å². The molecule has 11 heteroatoms. The molecule has 8 nitrogen and oxygen atoms in total. The van der Waals surface area contributed by atoms with Crippen LogP contribution in [0.3, 0.4) is 0 Å². The van der Waals surface area contributed by atoms with Crippen LogP contribution in [-0.2, 0) is 22.6 Å². The van der Waals surface area contributed by atoms with Gasteiger partial charge in [0.2, 0.25) is 0 Å². The zero-order valence-electron chi connectivity index (χ0n) is 16.4. The van der Waals surface area contributed by atoms with E-state index in [2.05, 4.69) is 15.3 Å². The fourth-order valence-corrected chi connectivity index (χ4v) is 3.69. The van der Waals surface area contributed by atoms with Crippen molar-refractivity contribution in [3.05, 3.63) is 65.5 Å². The van der Waals surface area contributed by atoms with Crippen molar-refractivity contribution in [2.75, 3.05) is 18.6 Å². The first-order valence-corrected chi connectivity index (χ1v) is 9.35. The SMILES string of the molecule is COCc1c(N2CCC(O)(Cc3cc(F)c(F)c(F)c3)C2=O)cnn1-c1ccnnc1. The molecule has 1 aromatic carbocycles. The Hall–Kier alpha value is -3.31. The van der Waals surface area contributed by atoms with E-state index in [1.54, 1.807) is 10.7 Å². The van der Waals surface area contributed by atoms with Crippen LogP contribution in [-0.4, -0.2) is 50.2 Å². The van der Waals surface area contributed by atoms with Crippen LogP contribution in [0.4, 0.5) is 18.9 Å². The summed E-state index contributed by atoms with van der Waals surface area (Å²) in [5.74, 6) is -5.01. The van der Waals surface area contributed by atoms with E-state index < -0.39 is 29.0 Å². The predicted molar refractivity (Wildman–Crippen MR) is 102 cm³/mol. The van der Waals surface area contributed by atoms with Gasteiger partial charge in [-0.3, -0.25) is 4.79 Å². The van der Waals surface area contributed by atoms with E-state index in [1.807, 2.05) is 0 Å². The van der Waals surface area contributed by atoms with Crippen LogP contribution in [0.1, 0.15) is 17.7 Å². The standard InChI is InChI=1S/C20H18F3N5O3/c1-31-11-17-16(10-26-28(17)13-2-4-24-25-9-13)27-5-3-20(30,19(27)29)8-12-6-14(21)18(23)15(22)7-12/h2,4,6-7,9-10,30H,3,5,8,11H2,1H3. The van der Waals surface area contributed by atoms with Gasteiger partial charge in [-0.2, -0.15) is 15.3 Å². The first-order chi connectivity index (χ1) is 14.8. The van der Waals surface area contributed by atoms with Crippen molar-refractivity contribution in [2.45, 2.75) is 25.0 Å². The number of aliphatic hydroxyl groups is 1. The van der Waals surface area contributed by atoms with Crippen molar-refractivity contribution in [1.82, 2.24) is 20.0 Å². The molecule has 1 fully saturated rings. The Kier molecular flexibility index (Phi) is 5.46. The molecule has 0 saturated carbocycles. The summed E-state index contributed by atoms with van der Waals surface area (Å²) < 4.78 is 47.1. The van der Waals surface area contributed by atoms with Crippen molar-refractivity contribution < 1.29 is 27.8 Å². The normalized spacial score (nSPS) is 18.7. The highest BCUT2D eigenvalue weighted by atomic mass is 19.2. The van der Waals surface area contributed by atoms with Gasteiger partial charge in [0.05, 0.1) is 42.3 Å². The fourth-order valence-electron chi connectivity index (χ4n) is 3.69. The van der Waals surface area contributed by atoms with Gasteiger partial charge >= 0.3 is 0 Å². The maximum Gasteiger partial charge on any atom is 0.259 e. The topological polar surface area (TPSA) is 93.4 Å². The quantitative estimate of drug-likeness (QED) is 0.598. The largest absolute Gasteiger partial charge is 0.380 e. The lowest BCUT2D eigenvalue weighted by molar-refractivity contribution is -0.133. The zero-order chi connectivity index (χ0) is 22.2. The number of anilines is 1. The molecule has 162 valence electrons. The zero-order valence-corrected chi connectivity index (χ0v) is 16.4. The molecule has 1 N–H and O–H groups in total. The lowest BCUT2D eigenvalue weighted by Gasteiger charge is -2.23. The number of methoxy groups -OCH3 is 1. The predicted octanol–water partition coefficient (Wildman–Crippen LogP) is 1.94. The molecule has 1 saturated heterocycles. The Labute approximate surface area is 174 Å². The Bertz CT molecular complexity index is 1100. The van der Waals surface area contributed by atoms with Crippen LogP contribution >= 0.6 is 0 Å². The first kappa shape index (κ1) is 20.9. The third kappa shape index (κ3) is 3.77. The minimum Gasteiger partial charge on any atom is -0.380 e. The lowest BCUT2D eigenvalue weighted by atomic mass is 9.93. The average Bonchev–Trinajstić information content (AvgIpc) is 3.28. The number of nitrogens with zero attached hydrogens (tertiary/aromatic N) is 5. The van der Waals surface area contributed by atoms with Crippen molar-refractivity contribution in [2.24, 2.45) is 0 Å². The lowest BCUT2D eigenvalue weighted by Crippen LogP contribution is -2.42. The molecular formula is C20H18F3N5O3. The van der Waals surface area contributed by atoms with Crippen LogP contribution in [0.25, 0.3) is 5.69 Å². The van der Waals surface area contributed by atoms with Crippen LogP contribution in [0.5, 0.6) is 0 Å². The number of rotatable bonds is 6. The van der Waals surface area contributed by atoms with Crippen molar-refractivity contribution in [3.63, 3.8) is 0 Å². The van der Waals surface area contributed by atoms with E-state index in [1.165, 1.54) is 30.6 Å². The third-order valence-electron chi connectivity index (χ3n) is 5.16. The number of amides is 1. The molecule has 3 aromatic rings. The molecule has 1 atom stereocenters. The van der Waals surface area contributed by atoms with E-state index in [0.717, 1.165) is 12.1 Å². The van der Waals surface area contributed by atoms with Crippen LogP contribution in [0, 0.1) is 17.5 Å². The number of carbonyl (C=O) groups excluding carboxylic acids is 1. The van der Waals surface area contributed by atoms with Crippen molar-refractivity contribution in [1.29, 1.82) is 0 Å². The second-order valence-electron chi connectivity index (χ2n) is 7.21. The molecule has 1 amide bonds. The van der Waals surface area contributed by atoms with E-state index in [0.29, 0.717) is 17.1 Å². The molecule has 0 aliphatic carbocycles. The summed E-state index contributed by atoms with van der Waals surface area (Å²) in [4.78, 5) is 14.4. The van der Waals surface area contributed by atoms with Gasteiger partial charge in [-0.25, -0.2) is 17.9 Å². The van der Waals surface area contributed by atoms with Crippen LogP contribution in [0.2, 0.25) is 0 Å². The van der Waals surface area contributed by atoms with Gasteiger partial charge < -0.3 is 14.7 Å². The second kappa shape index (κ2) is 8.08. The molecule has 0 spiro atoms. The van der Waals surface area contributed by atoms with E-state index in [-0.39, 0.29) is 31.6 Å². The maximum absolute atomic E-state index is 13.6. The van der Waals surface area contributed by atoms with E-state index >= 15 is 0 Å². The van der Waals surface area contributed by atoms with Crippen LogP contribution < -0.4 is 4.90 Å². The van der Waals surface area contributed by atoms with Gasteiger partial charge in [0.1, 0.15) is 5.60 Å². The number of halogens is 3. The monoisotopic (exact) mass is 433 g/mol. The number of benzene rings is 1. The average molecular weight is 433 g/mol. The number of ether oxygens (including phenoxy) is 1. The maximum atomic E-state index is 13.6. The number of hydrogen-bond acceptors (Lipinski definition) is 6. The molecule has 1 aliphatic heterocycles. The third-order valence-corrected chi connectivity index (χ3v) is 5.16. The smallest absolute Gasteiger partial charge is 0.259 e. The molecule has 1 aliphatic rings. The second-order valence-corrected chi connectivity index (χ2v) is 7.21. The molecule has 1 unspecified atom stereocenters. The summed E-state index contributed by atoms with van der Waals surface area (Å²) >= 11 is 0. The summed E-state index contributed by atoms with van der Waals surface area (Å²) in [6.07, 6.45) is 4.11. The molecule has 2 aromatic heterocycles. The van der Waals surface area contributed by atoms with E-state index in [4.69, 9.17) is 4.74 Å². The summed E-state index contributed by atoms with van der Waals surface area (Å²) in [5, 5.41) is 22.8. The highest BCUT2D eigenvalue weighted by Crippen LogP contribution is 2.34. The van der Waals surface area contributed by atoms with Gasteiger partial charge in [0, 0.05) is 26.5 Å². The van der Waals surface area contributed by atoms with Gasteiger partial charge in [-0.1, -0.05) is 0 Å². The Morgan fingerprint density at radius 3 is 2.58 bits per heavy atom. The highest BCUT2D eigenvalue weighted by Gasteiger charge is 2.46. The molecule has 31 heavy (non-hydrogen) atoms. The fraction of sp³-hybridized carbons (Fsp3) is 0.300. The Morgan fingerprint density at radius 1 is 1.19 bits per heavy atom. The number of carbonyl (C=O) groups is 1. The Morgan fingerprint density at radius 2 is 1.94 bits per heavy atom. The minimum absolute atomic E-state index is 0.0147. The summed E-state index contributed by atoms with van der Waals surface area (Å²) in [5.41, 5.74) is -0.346. The van der Waals surface area contributed by atoms with Gasteiger partial charge in [0.25, 0.3) is 5.91 Å². The minimum atomic E-state index is -1.90. The summed E-state index contributed by atoms with van der Waals surface area (Å²) in [6.45, 7) is 0.271. The van der Waals surface area contributed by atoms with Crippen molar-refractivity contribution >= 4 is 11.6 Å². The Balaban J connectivity index is 1.64. The molecule has 4 rings (SSSR count). The summed E-state index contributed by atoms with van der Waals surface area (Å²) in [6, 6.07) is 3.23. The highest BCUT2D eigenvalue weighted by molar-refractivity contribution is 6.02. The van der Waals surface area contributed by atoms with Gasteiger partial charge in [0.15, 0.2) is 17.5 Å². The molecule has 0 radical (unpaired) electrons. The summed E-state index contributed by atoms with van der Waals surface area (Å²) in [7, 11) is 1.49. The van der Waals surface area contributed by atoms with Gasteiger partial charge in [-0.15, -0.1) is 0 Å². The number of aromatic nitrogens is 4. The molecular weight excluding hydrogens is 415 g/mol. The molecule has 0 bridgehead atoms.